The molecule has 6 aromatic rings. The molecule has 1 aromatic heterocycles. The molecule has 0 N–H and O–H groups in total. The van der Waals surface area contributed by atoms with Crippen molar-refractivity contribution >= 4 is 56.1 Å². The summed E-state index contributed by atoms with van der Waals surface area (Å²) in [6.45, 7) is 12.3. The first-order valence-corrected chi connectivity index (χ1v) is 13.5. The van der Waals surface area contributed by atoms with Crippen LogP contribution < -0.4 is 5.46 Å². The highest BCUT2D eigenvalue weighted by Crippen LogP contribution is 2.40. The molecule has 190 valence electrons. The second-order valence-electron chi connectivity index (χ2n) is 10.8. The first-order chi connectivity index (χ1) is 18.3. The van der Waals surface area contributed by atoms with Gasteiger partial charge >= 0.3 is 7.12 Å². The van der Waals surface area contributed by atoms with E-state index in [1.807, 2.05) is 26.0 Å². The van der Waals surface area contributed by atoms with Crippen molar-refractivity contribution in [1.82, 2.24) is 0 Å². The molecule has 0 amide bonds. The van der Waals surface area contributed by atoms with Crippen molar-refractivity contribution in [3.8, 4) is 11.1 Å². The Morgan fingerprint density at radius 2 is 1.24 bits per heavy atom. The molecular weight excluding hydrogens is 467 g/mol. The zero-order valence-electron chi connectivity index (χ0n) is 23.0. The average molecular weight is 500 g/mol. The molecule has 2 heterocycles. The van der Waals surface area contributed by atoms with E-state index in [0.29, 0.717) is 0 Å². The fraction of sp³-hybridized carbons (Fsp3) is 0.235. The minimum Gasteiger partial charge on any atom is -0.456 e. The fourth-order valence-electron chi connectivity index (χ4n) is 5.48. The Balaban J connectivity index is 0.00000129. The Labute approximate surface area is 224 Å². The summed E-state index contributed by atoms with van der Waals surface area (Å²) < 4.78 is 19.2. The third-order valence-corrected chi connectivity index (χ3v) is 8.11. The van der Waals surface area contributed by atoms with Crippen LogP contribution in [-0.2, 0) is 9.31 Å². The third-order valence-electron chi connectivity index (χ3n) is 8.11. The maximum Gasteiger partial charge on any atom is 0.495 e. The molecule has 0 unspecified atom stereocenters. The molecule has 0 spiro atoms. The number of hydrogen-bond donors (Lipinski definition) is 0. The first kappa shape index (κ1) is 24.7. The van der Waals surface area contributed by atoms with E-state index < -0.39 is 18.3 Å². The van der Waals surface area contributed by atoms with E-state index in [9.17, 15) is 0 Å². The van der Waals surface area contributed by atoms with Crippen LogP contribution in [0.2, 0.25) is 0 Å². The van der Waals surface area contributed by atoms with E-state index in [-0.39, 0.29) is 0 Å². The second-order valence-corrected chi connectivity index (χ2v) is 10.8. The highest BCUT2D eigenvalue weighted by atomic mass is 16.7. The number of benzene rings is 5. The number of rotatable bonds is 2. The molecule has 5 aromatic carbocycles. The van der Waals surface area contributed by atoms with Crippen molar-refractivity contribution < 1.29 is 13.7 Å². The lowest BCUT2D eigenvalue weighted by Crippen LogP contribution is -2.41. The van der Waals surface area contributed by atoms with E-state index in [1.54, 1.807) is 0 Å². The molecule has 1 fully saturated rings. The molecule has 7 rings (SSSR count). The molecule has 1 aliphatic rings. The standard InChI is InChI=1S/C32H27BO3.C2H6/c1-31(2)32(3,4)36-33(35-31)27-14-9-15-29-30(27)26-19-21(16-17-28(26)34-29)25-18-20-10-5-6-11-22(20)23-12-7-8-13-24(23)25;1-2/h5-19H,1-4H3;1-2H3. The minimum absolute atomic E-state index is 0.408. The molecule has 0 aliphatic carbocycles. The Bertz CT molecular complexity index is 1800. The average Bonchev–Trinajstić information content (AvgIpc) is 3.41. The van der Waals surface area contributed by atoms with E-state index in [1.165, 1.54) is 27.1 Å². The van der Waals surface area contributed by atoms with Crippen molar-refractivity contribution in [3.63, 3.8) is 0 Å². The molecule has 3 nitrogen and oxygen atoms in total. The summed E-state index contributed by atoms with van der Waals surface area (Å²) in [6, 6.07) is 32.2. The van der Waals surface area contributed by atoms with E-state index in [2.05, 4.69) is 107 Å². The maximum absolute atomic E-state index is 6.43. The Morgan fingerprint density at radius 1 is 0.579 bits per heavy atom. The molecule has 0 atom stereocenters. The molecule has 1 saturated heterocycles. The largest absolute Gasteiger partial charge is 0.495 e. The summed E-state index contributed by atoms with van der Waals surface area (Å²) in [5.74, 6) is 0. The van der Waals surface area contributed by atoms with Crippen LogP contribution in [0.1, 0.15) is 41.5 Å². The van der Waals surface area contributed by atoms with Crippen molar-refractivity contribution in [3.05, 3.63) is 91.0 Å². The van der Waals surface area contributed by atoms with Gasteiger partial charge in [-0.1, -0.05) is 80.6 Å². The summed E-state index contributed by atoms with van der Waals surface area (Å²) in [4.78, 5) is 0. The van der Waals surface area contributed by atoms with Crippen LogP contribution in [0.15, 0.2) is 95.4 Å². The predicted octanol–water partition coefficient (Wildman–Crippen LogP) is 8.88. The molecule has 1 aliphatic heterocycles. The maximum atomic E-state index is 6.43. The lowest BCUT2D eigenvalue weighted by atomic mass is 9.76. The predicted molar refractivity (Wildman–Crippen MR) is 161 cm³/mol. The third kappa shape index (κ3) is 3.74. The summed E-state index contributed by atoms with van der Waals surface area (Å²) in [5, 5.41) is 7.15. The number of fused-ring (bicyclic) bond motifs is 6. The van der Waals surface area contributed by atoms with Crippen molar-refractivity contribution in [2.75, 3.05) is 0 Å². The van der Waals surface area contributed by atoms with Gasteiger partial charge in [-0.25, -0.2) is 0 Å². The highest BCUT2D eigenvalue weighted by Gasteiger charge is 2.52. The lowest BCUT2D eigenvalue weighted by molar-refractivity contribution is 0.00578. The van der Waals surface area contributed by atoms with Gasteiger partial charge in [0, 0.05) is 10.8 Å². The van der Waals surface area contributed by atoms with Crippen molar-refractivity contribution in [1.29, 1.82) is 0 Å². The molecule has 4 heteroatoms. The SMILES string of the molecule is CC.CC1(C)OB(c2cccc3oc4ccc(-c5cc6ccccc6c6ccccc56)cc4c23)OC1(C)C. The van der Waals surface area contributed by atoms with Gasteiger partial charge in [-0.15, -0.1) is 0 Å². The van der Waals surface area contributed by atoms with Crippen LogP contribution in [-0.4, -0.2) is 18.3 Å². The van der Waals surface area contributed by atoms with E-state index in [0.717, 1.165) is 33.0 Å². The summed E-state index contributed by atoms with van der Waals surface area (Å²) in [7, 11) is -0.454. The molecule has 0 saturated carbocycles. The zero-order chi connectivity index (χ0) is 26.7. The Hall–Kier alpha value is -3.60. The fourth-order valence-corrected chi connectivity index (χ4v) is 5.48. The topological polar surface area (TPSA) is 31.6 Å². The monoisotopic (exact) mass is 500 g/mol. The van der Waals surface area contributed by atoms with Crippen LogP contribution in [0.4, 0.5) is 0 Å². The van der Waals surface area contributed by atoms with Gasteiger partial charge in [-0.05, 0) is 90.1 Å². The normalized spacial score (nSPS) is 16.3. The molecule has 0 bridgehead atoms. The summed E-state index contributed by atoms with van der Waals surface area (Å²) in [5.41, 5.74) is 4.28. The highest BCUT2D eigenvalue weighted by molar-refractivity contribution is 6.66. The lowest BCUT2D eigenvalue weighted by Gasteiger charge is -2.32. The zero-order valence-corrected chi connectivity index (χ0v) is 23.0. The number of furan rings is 1. The van der Waals surface area contributed by atoms with Crippen molar-refractivity contribution in [2.24, 2.45) is 0 Å². The summed E-state index contributed by atoms with van der Waals surface area (Å²) >= 11 is 0. The Morgan fingerprint density at radius 3 is 1.97 bits per heavy atom. The minimum atomic E-state index is -0.454. The number of hydrogen-bond acceptors (Lipinski definition) is 3. The van der Waals surface area contributed by atoms with Crippen LogP contribution in [0, 0.1) is 0 Å². The van der Waals surface area contributed by atoms with Gasteiger partial charge in [0.25, 0.3) is 0 Å². The summed E-state index contributed by atoms with van der Waals surface area (Å²) in [6.07, 6.45) is 0. The molecule has 0 radical (unpaired) electrons. The second kappa shape index (κ2) is 9.01. The van der Waals surface area contributed by atoms with Gasteiger partial charge in [0.1, 0.15) is 11.2 Å². The van der Waals surface area contributed by atoms with Gasteiger partial charge < -0.3 is 13.7 Å². The van der Waals surface area contributed by atoms with Gasteiger partial charge in [0.2, 0.25) is 0 Å². The molecule has 38 heavy (non-hydrogen) atoms. The first-order valence-electron chi connectivity index (χ1n) is 13.5. The Kier molecular flexibility index (Phi) is 5.86. The van der Waals surface area contributed by atoms with Crippen LogP contribution >= 0.6 is 0 Å². The van der Waals surface area contributed by atoms with Crippen LogP contribution in [0.3, 0.4) is 0 Å². The van der Waals surface area contributed by atoms with Gasteiger partial charge in [-0.3, -0.25) is 0 Å². The van der Waals surface area contributed by atoms with E-state index in [4.69, 9.17) is 13.7 Å². The van der Waals surface area contributed by atoms with E-state index >= 15 is 0 Å². The quantitative estimate of drug-likeness (QED) is 0.176. The smallest absolute Gasteiger partial charge is 0.456 e. The van der Waals surface area contributed by atoms with Crippen molar-refractivity contribution in [2.45, 2.75) is 52.7 Å². The van der Waals surface area contributed by atoms with Gasteiger partial charge in [0.05, 0.1) is 11.2 Å². The van der Waals surface area contributed by atoms with Gasteiger partial charge in [-0.2, -0.15) is 0 Å². The molecular formula is C34H33BO3. The van der Waals surface area contributed by atoms with Gasteiger partial charge in [0.15, 0.2) is 0 Å². The van der Waals surface area contributed by atoms with Crippen LogP contribution in [0.25, 0.3) is 54.6 Å². The van der Waals surface area contributed by atoms with Crippen LogP contribution in [0.5, 0.6) is 0 Å².